The first-order chi connectivity index (χ1) is 6.25. The summed E-state index contributed by atoms with van der Waals surface area (Å²) in [5, 5.41) is 3.23. The van der Waals surface area contributed by atoms with E-state index in [2.05, 4.69) is 12.2 Å². The summed E-state index contributed by atoms with van der Waals surface area (Å²) in [6, 6.07) is 0. The van der Waals surface area contributed by atoms with Crippen molar-refractivity contribution in [2.45, 2.75) is 20.3 Å². The van der Waals surface area contributed by atoms with Crippen molar-refractivity contribution in [2.75, 3.05) is 26.2 Å². The number of nitrogens with zero attached hydrogens (tertiary/aromatic N) is 1. The van der Waals surface area contributed by atoms with Crippen molar-refractivity contribution < 1.29 is 4.79 Å². The lowest BCUT2D eigenvalue weighted by Crippen LogP contribution is -2.46. The summed E-state index contributed by atoms with van der Waals surface area (Å²) in [6.07, 6.45) is 2.92. The van der Waals surface area contributed by atoms with E-state index in [-0.39, 0.29) is 5.91 Å². The van der Waals surface area contributed by atoms with Crippen molar-refractivity contribution in [3.63, 3.8) is 0 Å². The van der Waals surface area contributed by atoms with Crippen LogP contribution in [0.1, 0.15) is 20.3 Å². The van der Waals surface area contributed by atoms with E-state index in [1.54, 1.807) is 0 Å². The molecule has 3 heteroatoms. The molecule has 1 N–H and O–H groups in total. The van der Waals surface area contributed by atoms with Crippen LogP contribution in [0.15, 0.2) is 11.6 Å². The van der Waals surface area contributed by atoms with Gasteiger partial charge in [-0.1, -0.05) is 13.0 Å². The van der Waals surface area contributed by atoms with Gasteiger partial charge in [0.2, 0.25) is 5.91 Å². The molecule has 1 rings (SSSR count). The van der Waals surface area contributed by atoms with E-state index in [1.807, 2.05) is 17.9 Å². The maximum Gasteiger partial charge on any atom is 0.249 e. The number of carbonyl (C=O) groups excluding carboxylic acids is 1. The molecule has 0 atom stereocenters. The van der Waals surface area contributed by atoms with Crippen LogP contribution in [0.4, 0.5) is 0 Å². The second kappa shape index (κ2) is 5.02. The van der Waals surface area contributed by atoms with E-state index in [0.717, 1.165) is 38.2 Å². The third kappa shape index (κ3) is 2.84. The second-order valence-corrected chi connectivity index (χ2v) is 3.34. The molecule has 0 bridgehead atoms. The average Bonchev–Trinajstić information content (AvgIpc) is 2.18. The molecule has 1 fully saturated rings. The number of carbonyl (C=O) groups is 1. The van der Waals surface area contributed by atoms with Gasteiger partial charge in [-0.3, -0.25) is 4.79 Å². The van der Waals surface area contributed by atoms with Crippen LogP contribution in [0, 0.1) is 0 Å². The third-order valence-corrected chi connectivity index (χ3v) is 2.25. The fourth-order valence-electron chi connectivity index (χ4n) is 1.51. The molecule has 0 saturated carbocycles. The molecule has 0 aromatic heterocycles. The molecule has 13 heavy (non-hydrogen) atoms. The van der Waals surface area contributed by atoms with Gasteiger partial charge in [0.05, 0.1) is 0 Å². The van der Waals surface area contributed by atoms with Gasteiger partial charge >= 0.3 is 0 Å². The fourth-order valence-corrected chi connectivity index (χ4v) is 1.51. The zero-order valence-electron chi connectivity index (χ0n) is 8.47. The van der Waals surface area contributed by atoms with Crippen LogP contribution in [0.25, 0.3) is 0 Å². The Bertz CT molecular complexity index is 205. The number of nitrogens with one attached hydrogen (secondary N) is 1. The van der Waals surface area contributed by atoms with Crippen LogP contribution in [0.3, 0.4) is 0 Å². The molecule has 1 heterocycles. The topological polar surface area (TPSA) is 32.3 Å². The van der Waals surface area contributed by atoms with Gasteiger partial charge in [0.25, 0.3) is 0 Å². The van der Waals surface area contributed by atoms with E-state index >= 15 is 0 Å². The smallest absolute Gasteiger partial charge is 0.249 e. The Hall–Kier alpha value is -0.830. The average molecular weight is 182 g/mol. The number of hydrogen-bond acceptors (Lipinski definition) is 2. The quantitative estimate of drug-likeness (QED) is 0.640. The molecule has 0 spiro atoms. The second-order valence-electron chi connectivity index (χ2n) is 3.34. The Labute approximate surface area is 79.8 Å². The van der Waals surface area contributed by atoms with Gasteiger partial charge in [-0.15, -0.1) is 0 Å². The molecule has 0 aromatic carbocycles. The Balaban J connectivity index is 2.50. The molecule has 1 saturated heterocycles. The number of amides is 1. The van der Waals surface area contributed by atoms with Crippen molar-refractivity contribution in [1.29, 1.82) is 0 Å². The number of rotatable bonds is 2. The van der Waals surface area contributed by atoms with E-state index in [4.69, 9.17) is 0 Å². The minimum Gasteiger partial charge on any atom is -0.336 e. The minimum absolute atomic E-state index is 0.198. The summed E-state index contributed by atoms with van der Waals surface area (Å²) in [4.78, 5) is 13.6. The minimum atomic E-state index is 0.198. The summed E-state index contributed by atoms with van der Waals surface area (Å²) in [5.74, 6) is 0.198. The molecule has 0 aliphatic carbocycles. The molecule has 1 aliphatic rings. The summed E-state index contributed by atoms with van der Waals surface area (Å²) in [7, 11) is 0. The number of piperazine rings is 1. The highest BCUT2D eigenvalue weighted by Crippen LogP contribution is 2.03. The third-order valence-electron chi connectivity index (χ3n) is 2.25. The first-order valence-corrected chi connectivity index (χ1v) is 4.92. The molecule has 3 nitrogen and oxygen atoms in total. The Morgan fingerprint density at radius 3 is 2.62 bits per heavy atom. The van der Waals surface area contributed by atoms with Gasteiger partial charge < -0.3 is 10.2 Å². The van der Waals surface area contributed by atoms with Crippen molar-refractivity contribution in [1.82, 2.24) is 10.2 Å². The van der Waals surface area contributed by atoms with Crippen LogP contribution in [0.2, 0.25) is 0 Å². The lowest BCUT2D eigenvalue weighted by molar-refractivity contribution is -0.127. The zero-order valence-corrected chi connectivity index (χ0v) is 8.47. The highest BCUT2D eigenvalue weighted by Gasteiger charge is 2.16. The van der Waals surface area contributed by atoms with Crippen LogP contribution < -0.4 is 5.32 Å². The van der Waals surface area contributed by atoms with Gasteiger partial charge in [-0.25, -0.2) is 0 Å². The maximum absolute atomic E-state index is 11.7. The molecule has 0 radical (unpaired) electrons. The number of hydrogen-bond donors (Lipinski definition) is 1. The van der Waals surface area contributed by atoms with Crippen molar-refractivity contribution >= 4 is 5.91 Å². The zero-order chi connectivity index (χ0) is 9.68. The summed E-state index contributed by atoms with van der Waals surface area (Å²) < 4.78 is 0. The van der Waals surface area contributed by atoms with Crippen LogP contribution in [-0.4, -0.2) is 37.0 Å². The van der Waals surface area contributed by atoms with Crippen molar-refractivity contribution in [2.24, 2.45) is 0 Å². The van der Waals surface area contributed by atoms with E-state index < -0.39 is 0 Å². The molecule has 1 aliphatic heterocycles. The summed E-state index contributed by atoms with van der Waals surface area (Å²) in [5.41, 5.74) is 0.879. The molecule has 0 aromatic rings. The first-order valence-electron chi connectivity index (χ1n) is 4.92. The van der Waals surface area contributed by atoms with Crippen molar-refractivity contribution in [3.8, 4) is 0 Å². The van der Waals surface area contributed by atoms with Crippen LogP contribution in [-0.2, 0) is 4.79 Å². The Morgan fingerprint density at radius 2 is 2.08 bits per heavy atom. The van der Waals surface area contributed by atoms with Crippen molar-refractivity contribution in [3.05, 3.63) is 11.6 Å². The predicted molar refractivity (Wildman–Crippen MR) is 53.5 cm³/mol. The molecular weight excluding hydrogens is 164 g/mol. The van der Waals surface area contributed by atoms with Gasteiger partial charge in [-0.2, -0.15) is 0 Å². The first kappa shape index (κ1) is 10.3. The van der Waals surface area contributed by atoms with Crippen LogP contribution in [0.5, 0.6) is 0 Å². The largest absolute Gasteiger partial charge is 0.336 e. The highest BCUT2D eigenvalue weighted by atomic mass is 16.2. The maximum atomic E-state index is 11.7. The fraction of sp³-hybridized carbons (Fsp3) is 0.700. The monoisotopic (exact) mass is 182 g/mol. The SMILES string of the molecule is CCC=C(C)C(=O)N1CCNCC1. The highest BCUT2D eigenvalue weighted by molar-refractivity contribution is 5.92. The Morgan fingerprint density at radius 1 is 1.46 bits per heavy atom. The van der Waals surface area contributed by atoms with Gasteiger partial charge in [-0.05, 0) is 13.3 Å². The van der Waals surface area contributed by atoms with Gasteiger partial charge in [0.15, 0.2) is 0 Å². The van der Waals surface area contributed by atoms with Crippen LogP contribution >= 0.6 is 0 Å². The normalized spacial score (nSPS) is 18.9. The molecule has 0 unspecified atom stereocenters. The van der Waals surface area contributed by atoms with Gasteiger partial charge in [0.1, 0.15) is 0 Å². The van der Waals surface area contributed by atoms with E-state index in [1.165, 1.54) is 0 Å². The summed E-state index contributed by atoms with van der Waals surface area (Å²) in [6.45, 7) is 7.47. The molecule has 1 amide bonds. The predicted octanol–water partition coefficient (Wildman–Crippen LogP) is 0.774. The molecule has 74 valence electrons. The standard InChI is InChI=1S/C10H18N2O/c1-3-4-9(2)10(13)12-7-5-11-6-8-12/h4,11H,3,5-8H2,1-2H3. The lowest BCUT2D eigenvalue weighted by Gasteiger charge is -2.27. The Kier molecular flexibility index (Phi) is 3.96. The van der Waals surface area contributed by atoms with Gasteiger partial charge in [0, 0.05) is 31.8 Å². The summed E-state index contributed by atoms with van der Waals surface area (Å²) >= 11 is 0. The molecular formula is C10H18N2O. The lowest BCUT2D eigenvalue weighted by atomic mass is 10.2. The van der Waals surface area contributed by atoms with E-state index in [0.29, 0.717) is 0 Å². The number of allylic oxidation sites excluding steroid dienone is 1. The van der Waals surface area contributed by atoms with E-state index in [9.17, 15) is 4.79 Å².